The standard InChI is InChI=1S/C13H14BrNOS/c1-13(2,3)9-6-4-5-7-10(9)16-12-15-11(14)8-17-12/h4-8H,1-3H3. The van der Waals surface area contributed by atoms with Gasteiger partial charge in [0.2, 0.25) is 0 Å². The van der Waals surface area contributed by atoms with E-state index < -0.39 is 0 Å². The number of benzene rings is 1. The predicted molar refractivity (Wildman–Crippen MR) is 75.0 cm³/mol. The summed E-state index contributed by atoms with van der Waals surface area (Å²) in [6.07, 6.45) is 0. The zero-order valence-corrected chi connectivity index (χ0v) is 12.4. The molecule has 0 N–H and O–H groups in total. The first kappa shape index (κ1) is 12.6. The molecule has 0 atom stereocenters. The Morgan fingerprint density at radius 3 is 2.53 bits per heavy atom. The highest BCUT2D eigenvalue weighted by molar-refractivity contribution is 9.10. The average Bonchev–Trinajstić information content (AvgIpc) is 2.63. The fourth-order valence-corrected chi connectivity index (χ4v) is 2.65. The number of thiazole rings is 1. The van der Waals surface area contributed by atoms with Gasteiger partial charge < -0.3 is 4.74 Å². The smallest absolute Gasteiger partial charge is 0.279 e. The van der Waals surface area contributed by atoms with E-state index in [1.165, 1.54) is 16.9 Å². The van der Waals surface area contributed by atoms with Crippen LogP contribution >= 0.6 is 27.3 Å². The van der Waals surface area contributed by atoms with E-state index in [-0.39, 0.29) is 5.41 Å². The van der Waals surface area contributed by atoms with Crippen LogP contribution in [0.15, 0.2) is 34.2 Å². The van der Waals surface area contributed by atoms with Crippen LogP contribution < -0.4 is 4.74 Å². The Morgan fingerprint density at radius 2 is 1.94 bits per heavy atom. The molecule has 1 aromatic carbocycles. The number of ether oxygens (including phenoxy) is 1. The molecule has 2 nitrogen and oxygen atoms in total. The van der Waals surface area contributed by atoms with Crippen molar-refractivity contribution in [1.29, 1.82) is 0 Å². The Labute approximate surface area is 114 Å². The van der Waals surface area contributed by atoms with Crippen molar-refractivity contribution >= 4 is 27.3 Å². The molecule has 17 heavy (non-hydrogen) atoms. The van der Waals surface area contributed by atoms with E-state index in [4.69, 9.17) is 4.74 Å². The Hall–Kier alpha value is -0.870. The highest BCUT2D eigenvalue weighted by Crippen LogP contribution is 2.35. The van der Waals surface area contributed by atoms with Crippen LogP contribution in [0.1, 0.15) is 26.3 Å². The Morgan fingerprint density at radius 1 is 1.24 bits per heavy atom. The van der Waals surface area contributed by atoms with Gasteiger partial charge in [-0.05, 0) is 27.4 Å². The van der Waals surface area contributed by atoms with Gasteiger partial charge in [0, 0.05) is 10.9 Å². The largest absolute Gasteiger partial charge is 0.431 e. The monoisotopic (exact) mass is 311 g/mol. The van der Waals surface area contributed by atoms with Crippen LogP contribution in [-0.4, -0.2) is 4.98 Å². The van der Waals surface area contributed by atoms with E-state index in [1.54, 1.807) is 0 Å². The second kappa shape index (κ2) is 4.78. The van der Waals surface area contributed by atoms with Gasteiger partial charge in [0.25, 0.3) is 5.19 Å². The lowest BCUT2D eigenvalue weighted by Crippen LogP contribution is -2.12. The van der Waals surface area contributed by atoms with Crippen molar-refractivity contribution in [2.24, 2.45) is 0 Å². The highest BCUT2D eigenvalue weighted by Gasteiger charge is 2.19. The average molecular weight is 312 g/mol. The number of aromatic nitrogens is 1. The molecule has 0 amide bonds. The molecule has 0 fully saturated rings. The zero-order valence-electron chi connectivity index (χ0n) is 10.0. The van der Waals surface area contributed by atoms with Crippen LogP contribution in [0.2, 0.25) is 0 Å². The summed E-state index contributed by atoms with van der Waals surface area (Å²) in [6.45, 7) is 6.52. The molecule has 2 aromatic rings. The molecule has 0 aliphatic rings. The van der Waals surface area contributed by atoms with Gasteiger partial charge in [-0.25, -0.2) is 0 Å². The zero-order chi connectivity index (χ0) is 12.5. The van der Waals surface area contributed by atoms with Crippen LogP contribution in [0.25, 0.3) is 0 Å². The Kier molecular flexibility index (Phi) is 3.54. The molecule has 0 saturated carbocycles. The van der Waals surface area contributed by atoms with Crippen molar-refractivity contribution in [1.82, 2.24) is 4.98 Å². The SMILES string of the molecule is CC(C)(C)c1ccccc1Oc1nc(Br)cs1. The van der Waals surface area contributed by atoms with Crippen LogP contribution in [0.3, 0.4) is 0 Å². The Balaban J connectivity index is 2.33. The summed E-state index contributed by atoms with van der Waals surface area (Å²) in [5.41, 5.74) is 1.25. The summed E-state index contributed by atoms with van der Waals surface area (Å²) >= 11 is 4.81. The fraction of sp³-hybridized carbons (Fsp3) is 0.308. The molecule has 4 heteroatoms. The number of nitrogens with zero attached hydrogens (tertiary/aromatic N) is 1. The summed E-state index contributed by atoms with van der Waals surface area (Å²) in [7, 11) is 0. The van der Waals surface area contributed by atoms with Gasteiger partial charge in [0.15, 0.2) is 0 Å². The molecule has 90 valence electrons. The molecule has 1 aromatic heterocycles. The minimum Gasteiger partial charge on any atom is -0.431 e. The quantitative estimate of drug-likeness (QED) is 0.779. The topological polar surface area (TPSA) is 22.1 Å². The minimum absolute atomic E-state index is 0.0606. The molecule has 0 saturated heterocycles. The molecule has 0 radical (unpaired) electrons. The Bertz CT molecular complexity index is 516. The van der Waals surface area contributed by atoms with Gasteiger partial charge >= 0.3 is 0 Å². The van der Waals surface area contributed by atoms with E-state index in [9.17, 15) is 0 Å². The van der Waals surface area contributed by atoms with Crippen LogP contribution in [-0.2, 0) is 5.41 Å². The van der Waals surface area contributed by atoms with E-state index in [0.717, 1.165) is 10.4 Å². The third-order valence-corrected chi connectivity index (χ3v) is 3.77. The number of hydrogen-bond donors (Lipinski definition) is 0. The fourth-order valence-electron chi connectivity index (χ4n) is 1.56. The van der Waals surface area contributed by atoms with E-state index in [2.05, 4.69) is 47.8 Å². The van der Waals surface area contributed by atoms with Gasteiger partial charge in [-0.1, -0.05) is 50.3 Å². The van der Waals surface area contributed by atoms with E-state index in [0.29, 0.717) is 5.19 Å². The van der Waals surface area contributed by atoms with Gasteiger partial charge in [0.05, 0.1) is 0 Å². The van der Waals surface area contributed by atoms with Gasteiger partial charge in [-0.2, -0.15) is 4.98 Å². The van der Waals surface area contributed by atoms with Gasteiger partial charge in [0.1, 0.15) is 10.4 Å². The van der Waals surface area contributed by atoms with Crippen LogP contribution in [0.5, 0.6) is 10.9 Å². The van der Waals surface area contributed by atoms with Gasteiger partial charge in [-0.15, -0.1) is 0 Å². The number of rotatable bonds is 2. The lowest BCUT2D eigenvalue weighted by atomic mass is 9.86. The lowest BCUT2D eigenvalue weighted by molar-refractivity contribution is 0.452. The highest BCUT2D eigenvalue weighted by atomic mass is 79.9. The summed E-state index contributed by atoms with van der Waals surface area (Å²) < 4.78 is 6.65. The molecule has 0 bridgehead atoms. The first-order valence-electron chi connectivity index (χ1n) is 5.35. The lowest BCUT2D eigenvalue weighted by Gasteiger charge is -2.21. The van der Waals surface area contributed by atoms with Gasteiger partial charge in [-0.3, -0.25) is 0 Å². The maximum atomic E-state index is 5.83. The van der Waals surface area contributed by atoms with Crippen molar-refractivity contribution in [3.63, 3.8) is 0 Å². The maximum absolute atomic E-state index is 5.83. The summed E-state index contributed by atoms with van der Waals surface area (Å²) in [5, 5.41) is 2.57. The number of hydrogen-bond acceptors (Lipinski definition) is 3. The predicted octanol–water partition coefficient (Wildman–Crippen LogP) is 5.00. The number of halogens is 1. The van der Waals surface area contributed by atoms with Crippen LogP contribution in [0, 0.1) is 0 Å². The molecule has 1 heterocycles. The molecular weight excluding hydrogens is 298 g/mol. The summed E-state index contributed by atoms with van der Waals surface area (Å²) in [4.78, 5) is 4.24. The van der Waals surface area contributed by atoms with Crippen molar-refractivity contribution in [3.8, 4) is 10.9 Å². The third-order valence-electron chi connectivity index (χ3n) is 2.35. The maximum Gasteiger partial charge on any atom is 0.279 e. The second-order valence-electron chi connectivity index (χ2n) is 4.78. The number of para-hydroxylation sites is 1. The third kappa shape index (κ3) is 3.07. The van der Waals surface area contributed by atoms with Crippen molar-refractivity contribution < 1.29 is 4.74 Å². The van der Waals surface area contributed by atoms with Crippen molar-refractivity contribution in [3.05, 3.63) is 39.8 Å². The summed E-state index contributed by atoms with van der Waals surface area (Å²) in [6, 6.07) is 8.09. The van der Waals surface area contributed by atoms with Crippen molar-refractivity contribution in [2.45, 2.75) is 26.2 Å². The molecule has 0 unspecified atom stereocenters. The first-order chi connectivity index (χ1) is 7.97. The minimum atomic E-state index is 0.0606. The molecule has 0 spiro atoms. The molecule has 0 aliphatic carbocycles. The molecular formula is C13H14BrNOS. The van der Waals surface area contributed by atoms with Crippen LogP contribution in [0.4, 0.5) is 0 Å². The summed E-state index contributed by atoms with van der Waals surface area (Å²) in [5.74, 6) is 0.877. The second-order valence-corrected chi connectivity index (χ2v) is 6.42. The molecule has 0 aliphatic heterocycles. The normalized spacial score (nSPS) is 11.5. The van der Waals surface area contributed by atoms with Crippen molar-refractivity contribution in [2.75, 3.05) is 0 Å². The molecule has 2 rings (SSSR count). The van der Waals surface area contributed by atoms with E-state index in [1.807, 2.05) is 23.6 Å². The first-order valence-corrected chi connectivity index (χ1v) is 7.02. The van der Waals surface area contributed by atoms with E-state index >= 15 is 0 Å².